The molecule has 2 aliphatic heterocycles. The lowest BCUT2D eigenvalue weighted by Crippen LogP contribution is -2.51. The van der Waals surface area contributed by atoms with Gasteiger partial charge in [0.15, 0.2) is 0 Å². The van der Waals surface area contributed by atoms with Crippen molar-refractivity contribution in [2.45, 2.75) is 32.0 Å². The molecule has 0 amide bonds. The van der Waals surface area contributed by atoms with Crippen molar-refractivity contribution < 1.29 is 9.15 Å². The second-order valence-electron chi connectivity index (χ2n) is 7.19. The van der Waals surface area contributed by atoms with Crippen LogP contribution in [-0.2, 0) is 17.7 Å². The number of aromatic nitrogens is 2. The normalized spacial score (nSPS) is 23.3. The standard InChI is InChI=1S/C19H27N5O2/c1-4-14-5-6-15(26-14)11-23-12-16-17(13-23)25-10-9-24(16)18-7-8-20-19(21-18)22(2)3/h5-8,16-17H,4,9-13H2,1-3H3/t16-,17+/m0/s1. The second-order valence-corrected chi connectivity index (χ2v) is 7.19. The maximum Gasteiger partial charge on any atom is 0.226 e. The van der Waals surface area contributed by atoms with Crippen LogP contribution >= 0.6 is 0 Å². The molecule has 0 saturated carbocycles. The largest absolute Gasteiger partial charge is 0.465 e. The molecule has 0 aliphatic carbocycles. The number of hydrogen-bond acceptors (Lipinski definition) is 7. The smallest absolute Gasteiger partial charge is 0.226 e. The Morgan fingerprint density at radius 1 is 1.19 bits per heavy atom. The minimum absolute atomic E-state index is 0.210. The highest BCUT2D eigenvalue weighted by Gasteiger charge is 2.41. The fourth-order valence-electron chi connectivity index (χ4n) is 3.81. The maximum absolute atomic E-state index is 6.06. The topological polar surface area (TPSA) is 57.9 Å². The molecular formula is C19H27N5O2. The average molecular weight is 357 g/mol. The Hall–Kier alpha value is -2.12. The number of rotatable bonds is 5. The molecule has 26 heavy (non-hydrogen) atoms. The molecule has 0 aromatic carbocycles. The first-order valence-electron chi connectivity index (χ1n) is 9.32. The van der Waals surface area contributed by atoms with Gasteiger partial charge in [-0.3, -0.25) is 4.90 Å². The third kappa shape index (κ3) is 3.41. The minimum Gasteiger partial charge on any atom is -0.465 e. The first-order chi connectivity index (χ1) is 12.6. The van der Waals surface area contributed by atoms with Crippen molar-refractivity contribution in [1.29, 1.82) is 0 Å². The Morgan fingerprint density at radius 3 is 2.81 bits per heavy atom. The number of furan rings is 1. The van der Waals surface area contributed by atoms with Gasteiger partial charge in [0.05, 0.1) is 25.3 Å². The van der Waals surface area contributed by atoms with Crippen LogP contribution in [0.15, 0.2) is 28.8 Å². The highest BCUT2D eigenvalue weighted by atomic mass is 16.5. The highest BCUT2D eigenvalue weighted by Crippen LogP contribution is 2.28. The minimum atomic E-state index is 0.210. The zero-order valence-electron chi connectivity index (χ0n) is 15.8. The van der Waals surface area contributed by atoms with Gasteiger partial charge in [0.2, 0.25) is 5.95 Å². The molecule has 0 N–H and O–H groups in total. The van der Waals surface area contributed by atoms with Gasteiger partial charge in [-0.2, -0.15) is 4.98 Å². The zero-order valence-corrected chi connectivity index (χ0v) is 15.8. The van der Waals surface area contributed by atoms with Crippen molar-refractivity contribution in [3.8, 4) is 0 Å². The molecule has 0 bridgehead atoms. The van der Waals surface area contributed by atoms with Gasteiger partial charge in [-0.1, -0.05) is 6.92 Å². The first kappa shape index (κ1) is 17.3. The predicted octanol–water partition coefficient (Wildman–Crippen LogP) is 1.79. The van der Waals surface area contributed by atoms with E-state index in [1.807, 2.05) is 31.3 Å². The van der Waals surface area contributed by atoms with Gasteiger partial charge in [-0.25, -0.2) is 4.98 Å². The fourth-order valence-corrected chi connectivity index (χ4v) is 3.81. The summed E-state index contributed by atoms with van der Waals surface area (Å²) in [6.07, 6.45) is 2.98. The summed E-state index contributed by atoms with van der Waals surface area (Å²) in [5.74, 6) is 3.80. The maximum atomic E-state index is 6.06. The van der Waals surface area contributed by atoms with Crippen molar-refractivity contribution in [2.75, 3.05) is 50.1 Å². The van der Waals surface area contributed by atoms with Crippen LogP contribution in [0.3, 0.4) is 0 Å². The molecule has 2 saturated heterocycles. The highest BCUT2D eigenvalue weighted by molar-refractivity contribution is 5.45. The van der Waals surface area contributed by atoms with Gasteiger partial charge in [-0.15, -0.1) is 0 Å². The van der Waals surface area contributed by atoms with Crippen molar-refractivity contribution in [2.24, 2.45) is 0 Å². The van der Waals surface area contributed by atoms with Crippen molar-refractivity contribution >= 4 is 11.8 Å². The molecular weight excluding hydrogens is 330 g/mol. The van der Waals surface area contributed by atoms with Crippen LogP contribution in [0.5, 0.6) is 0 Å². The van der Waals surface area contributed by atoms with Gasteiger partial charge in [-0.05, 0) is 18.2 Å². The van der Waals surface area contributed by atoms with Gasteiger partial charge >= 0.3 is 0 Å². The molecule has 7 nitrogen and oxygen atoms in total. The van der Waals surface area contributed by atoms with Crippen molar-refractivity contribution in [1.82, 2.24) is 14.9 Å². The van der Waals surface area contributed by atoms with Crippen LogP contribution in [0.2, 0.25) is 0 Å². The summed E-state index contributed by atoms with van der Waals surface area (Å²) in [6, 6.07) is 6.48. The van der Waals surface area contributed by atoms with E-state index in [1.165, 1.54) is 0 Å². The van der Waals surface area contributed by atoms with E-state index in [0.717, 1.165) is 62.5 Å². The van der Waals surface area contributed by atoms with E-state index in [1.54, 1.807) is 0 Å². The van der Waals surface area contributed by atoms with E-state index in [-0.39, 0.29) is 6.10 Å². The Bertz CT molecular complexity index is 747. The van der Waals surface area contributed by atoms with Crippen molar-refractivity contribution in [3.05, 3.63) is 35.9 Å². The van der Waals surface area contributed by atoms with Gasteiger partial charge < -0.3 is 19.0 Å². The molecule has 0 spiro atoms. The molecule has 4 heterocycles. The Morgan fingerprint density at radius 2 is 2.04 bits per heavy atom. The lowest BCUT2D eigenvalue weighted by molar-refractivity contribution is 0.0301. The molecule has 140 valence electrons. The van der Waals surface area contributed by atoms with E-state index in [4.69, 9.17) is 14.1 Å². The SMILES string of the molecule is CCc1ccc(CN2C[C@H]3OCCN(c4ccnc(N(C)C)n4)[C@H]3C2)o1. The predicted molar refractivity (Wildman–Crippen MR) is 101 cm³/mol. The van der Waals surface area contributed by atoms with E-state index >= 15 is 0 Å². The quantitative estimate of drug-likeness (QED) is 0.808. The van der Waals surface area contributed by atoms with Gasteiger partial charge in [0.25, 0.3) is 0 Å². The first-order valence-corrected chi connectivity index (χ1v) is 9.32. The van der Waals surface area contributed by atoms with E-state index < -0.39 is 0 Å². The van der Waals surface area contributed by atoms with E-state index in [2.05, 4.69) is 33.8 Å². The second kappa shape index (κ2) is 7.25. The van der Waals surface area contributed by atoms with Gasteiger partial charge in [0, 0.05) is 46.3 Å². The summed E-state index contributed by atoms with van der Waals surface area (Å²) in [6.45, 7) is 6.42. The number of hydrogen-bond donors (Lipinski definition) is 0. The zero-order chi connectivity index (χ0) is 18.1. The Labute approximate surface area is 154 Å². The molecule has 0 unspecified atom stereocenters. The fraction of sp³-hybridized carbons (Fsp3) is 0.579. The molecule has 2 fully saturated rings. The number of likely N-dealkylation sites (tertiary alicyclic amines) is 1. The van der Waals surface area contributed by atoms with Crippen LogP contribution in [-0.4, -0.2) is 67.4 Å². The summed E-state index contributed by atoms with van der Waals surface area (Å²) in [4.78, 5) is 15.8. The number of nitrogens with zero attached hydrogens (tertiary/aromatic N) is 5. The average Bonchev–Trinajstić information content (AvgIpc) is 3.27. The number of morpholine rings is 1. The van der Waals surface area contributed by atoms with Crippen LogP contribution in [0.1, 0.15) is 18.4 Å². The van der Waals surface area contributed by atoms with E-state index in [0.29, 0.717) is 6.04 Å². The molecule has 7 heteroatoms. The van der Waals surface area contributed by atoms with Crippen LogP contribution < -0.4 is 9.80 Å². The van der Waals surface area contributed by atoms with Crippen molar-refractivity contribution in [3.63, 3.8) is 0 Å². The number of fused-ring (bicyclic) bond motifs is 1. The number of ether oxygens (including phenoxy) is 1. The monoisotopic (exact) mass is 357 g/mol. The molecule has 2 aromatic heterocycles. The molecule has 2 atom stereocenters. The Balaban J connectivity index is 1.48. The summed E-state index contributed by atoms with van der Waals surface area (Å²) in [7, 11) is 3.93. The van der Waals surface area contributed by atoms with Gasteiger partial charge in [0.1, 0.15) is 17.3 Å². The summed E-state index contributed by atoms with van der Waals surface area (Å²) < 4.78 is 11.9. The third-order valence-electron chi connectivity index (χ3n) is 5.14. The number of anilines is 2. The molecule has 2 aliphatic rings. The van der Waals surface area contributed by atoms with Crippen LogP contribution in [0, 0.1) is 0 Å². The molecule has 0 radical (unpaired) electrons. The summed E-state index contributed by atoms with van der Waals surface area (Å²) in [5.41, 5.74) is 0. The van der Waals surface area contributed by atoms with Crippen LogP contribution in [0.4, 0.5) is 11.8 Å². The van der Waals surface area contributed by atoms with Crippen LogP contribution in [0.25, 0.3) is 0 Å². The summed E-state index contributed by atoms with van der Waals surface area (Å²) >= 11 is 0. The number of aryl methyl sites for hydroxylation is 1. The third-order valence-corrected chi connectivity index (χ3v) is 5.14. The molecule has 4 rings (SSSR count). The lowest BCUT2D eigenvalue weighted by Gasteiger charge is -2.37. The summed E-state index contributed by atoms with van der Waals surface area (Å²) in [5, 5.41) is 0. The lowest BCUT2D eigenvalue weighted by atomic mass is 10.1. The van der Waals surface area contributed by atoms with E-state index in [9.17, 15) is 0 Å². The Kier molecular flexibility index (Phi) is 4.82. The molecule has 2 aromatic rings.